The third-order valence-electron chi connectivity index (χ3n) is 3.39. The summed E-state index contributed by atoms with van der Waals surface area (Å²) in [7, 11) is -0.550. The number of nitrogens with one attached hydrogen (secondary N) is 2. The number of carboxylic acids is 1. The highest BCUT2D eigenvalue weighted by Gasteiger charge is 2.30. The molecule has 2 aromatic heterocycles. The summed E-state index contributed by atoms with van der Waals surface area (Å²) in [4.78, 5) is 30.9. The van der Waals surface area contributed by atoms with Gasteiger partial charge < -0.3 is 14.6 Å². The molecule has 0 spiro atoms. The van der Waals surface area contributed by atoms with Crippen molar-refractivity contribution in [3.05, 3.63) is 24.8 Å². The second-order valence-corrected chi connectivity index (χ2v) is 6.85. The third-order valence-corrected chi connectivity index (χ3v) is 4.85. The number of rotatable bonds is 7. The van der Waals surface area contributed by atoms with Crippen LogP contribution in [0.5, 0.6) is 11.8 Å². The van der Waals surface area contributed by atoms with Crippen molar-refractivity contribution < 1.29 is 32.6 Å². The van der Waals surface area contributed by atoms with E-state index in [-0.39, 0.29) is 23.3 Å². The number of urea groups is 1. The average Bonchev–Trinajstić information content (AvgIpc) is 3.02. The molecule has 151 valence electrons. The van der Waals surface area contributed by atoms with Crippen LogP contribution in [0.2, 0.25) is 0 Å². The second kappa shape index (κ2) is 8.08. The molecule has 14 heteroatoms. The SMILES string of the molecule is [CH2]C(C(=O)O)c1cnn(C)c1S(=O)(=O)NC(=O)Nc1nc(OC)cc(OC)n1. The number of aromatic nitrogens is 4. The van der Waals surface area contributed by atoms with Gasteiger partial charge in [0, 0.05) is 12.6 Å². The molecular formula is C14H17N6O7S. The van der Waals surface area contributed by atoms with E-state index >= 15 is 0 Å². The standard InChI is InChI=1S/C14H17N6O7S/c1-7(12(21)22)8-6-15-20(2)11(8)28(24,25)19-14(23)18-13-16-9(26-3)5-10(17-13)27-4/h5-7H,1H2,2-4H3,(H,21,22)(H2,16,17,18,19,23). The molecule has 3 N–H and O–H groups in total. The smallest absolute Gasteiger partial charge is 0.335 e. The summed E-state index contributed by atoms with van der Waals surface area (Å²) in [5.41, 5.74) is -0.186. The maximum Gasteiger partial charge on any atom is 0.335 e. The van der Waals surface area contributed by atoms with Gasteiger partial charge in [-0.05, 0) is 6.92 Å². The van der Waals surface area contributed by atoms with E-state index in [1.807, 2.05) is 0 Å². The van der Waals surface area contributed by atoms with E-state index in [0.29, 0.717) is 0 Å². The molecule has 0 fully saturated rings. The van der Waals surface area contributed by atoms with Crippen LogP contribution in [0.4, 0.5) is 10.7 Å². The summed E-state index contributed by atoms with van der Waals surface area (Å²) >= 11 is 0. The fourth-order valence-electron chi connectivity index (χ4n) is 2.11. The van der Waals surface area contributed by atoms with Crippen LogP contribution in [0.15, 0.2) is 17.3 Å². The Balaban J connectivity index is 2.27. The number of amides is 2. The lowest BCUT2D eigenvalue weighted by Gasteiger charge is -2.12. The fourth-order valence-corrected chi connectivity index (χ4v) is 3.40. The highest BCUT2D eigenvalue weighted by molar-refractivity contribution is 7.90. The first kappa shape index (κ1) is 20.9. The number of hydrogen-bond donors (Lipinski definition) is 3. The van der Waals surface area contributed by atoms with Crippen LogP contribution >= 0.6 is 0 Å². The van der Waals surface area contributed by atoms with Gasteiger partial charge in [0.1, 0.15) is 0 Å². The van der Waals surface area contributed by atoms with E-state index < -0.39 is 33.0 Å². The molecule has 2 aromatic rings. The number of sulfonamides is 1. The first-order valence-corrected chi connectivity index (χ1v) is 8.96. The van der Waals surface area contributed by atoms with E-state index in [1.54, 1.807) is 4.72 Å². The summed E-state index contributed by atoms with van der Waals surface area (Å²) in [6.45, 7) is 3.39. The number of methoxy groups -OCH3 is 2. The Hall–Kier alpha value is -3.42. The van der Waals surface area contributed by atoms with E-state index in [1.165, 1.54) is 27.3 Å². The van der Waals surface area contributed by atoms with Crippen LogP contribution in [-0.2, 0) is 21.9 Å². The van der Waals surface area contributed by atoms with Crippen molar-refractivity contribution in [1.29, 1.82) is 0 Å². The van der Waals surface area contributed by atoms with Crippen molar-refractivity contribution in [2.45, 2.75) is 10.9 Å². The van der Waals surface area contributed by atoms with Crippen molar-refractivity contribution in [2.75, 3.05) is 19.5 Å². The first-order valence-electron chi connectivity index (χ1n) is 7.47. The molecule has 0 aromatic carbocycles. The summed E-state index contributed by atoms with van der Waals surface area (Å²) in [5, 5.41) is 14.4. The number of ether oxygens (including phenoxy) is 2. The van der Waals surface area contributed by atoms with Crippen molar-refractivity contribution in [1.82, 2.24) is 24.5 Å². The van der Waals surface area contributed by atoms with Crippen LogP contribution in [0.1, 0.15) is 11.5 Å². The molecule has 0 saturated heterocycles. The largest absolute Gasteiger partial charge is 0.481 e. The van der Waals surface area contributed by atoms with Crippen LogP contribution in [0.3, 0.4) is 0 Å². The normalized spacial score (nSPS) is 12.1. The summed E-state index contributed by atoms with van der Waals surface area (Å²) < 4.78 is 37.6. The zero-order valence-electron chi connectivity index (χ0n) is 15.0. The van der Waals surface area contributed by atoms with Gasteiger partial charge in [0.15, 0.2) is 5.03 Å². The average molecular weight is 413 g/mol. The molecular weight excluding hydrogens is 396 g/mol. The third kappa shape index (κ3) is 4.46. The van der Waals surface area contributed by atoms with Gasteiger partial charge in [-0.25, -0.2) is 9.52 Å². The Morgan fingerprint density at radius 1 is 1.25 bits per heavy atom. The number of aryl methyl sites for hydroxylation is 1. The van der Waals surface area contributed by atoms with Gasteiger partial charge >= 0.3 is 12.0 Å². The lowest BCUT2D eigenvalue weighted by Crippen LogP contribution is -2.36. The predicted molar refractivity (Wildman–Crippen MR) is 93.4 cm³/mol. The molecule has 1 atom stereocenters. The fraction of sp³-hybridized carbons (Fsp3) is 0.286. The Bertz CT molecular complexity index is 981. The number of aliphatic carboxylic acids is 1. The lowest BCUT2D eigenvalue weighted by molar-refractivity contribution is -0.137. The van der Waals surface area contributed by atoms with Crippen molar-refractivity contribution in [2.24, 2.45) is 7.05 Å². The van der Waals surface area contributed by atoms with E-state index in [9.17, 15) is 18.0 Å². The summed E-state index contributed by atoms with van der Waals surface area (Å²) in [6.07, 6.45) is 1.05. The number of nitrogens with zero attached hydrogens (tertiary/aromatic N) is 4. The summed E-state index contributed by atoms with van der Waals surface area (Å²) in [5.74, 6) is -2.91. The maximum atomic E-state index is 12.6. The zero-order chi connectivity index (χ0) is 21.1. The Morgan fingerprint density at radius 3 is 2.32 bits per heavy atom. The minimum Gasteiger partial charge on any atom is -0.481 e. The molecule has 28 heavy (non-hydrogen) atoms. The van der Waals surface area contributed by atoms with Gasteiger partial charge in [-0.2, -0.15) is 23.5 Å². The quantitative estimate of drug-likeness (QED) is 0.548. The highest BCUT2D eigenvalue weighted by Crippen LogP contribution is 2.23. The Kier molecular flexibility index (Phi) is 6.03. The monoisotopic (exact) mass is 413 g/mol. The van der Waals surface area contributed by atoms with E-state index in [0.717, 1.165) is 10.9 Å². The van der Waals surface area contributed by atoms with Crippen LogP contribution in [-0.4, -0.2) is 59.5 Å². The second-order valence-electron chi connectivity index (χ2n) is 5.26. The van der Waals surface area contributed by atoms with Gasteiger partial charge in [-0.15, -0.1) is 0 Å². The van der Waals surface area contributed by atoms with Gasteiger partial charge in [-0.3, -0.25) is 14.8 Å². The van der Waals surface area contributed by atoms with Crippen LogP contribution in [0, 0.1) is 6.92 Å². The Morgan fingerprint density at radius 2 is 1.82 bits per heavy atom. The molecule has 2 heterocycles. The molecule has 0 bridgehead atoms. The zero-order valence-corrected chi connectivity index (χ0v) is 15.8. The van der Waals surface area contributed by atoms with E-state index in [2.05, 4.69) is 27.3 Å². The molecule has 0 aliphatic rings. The molecule has 0 aliphatic carbocycles. The highest BCUT2D eigenvalue weighted by atomic mass is 32.2. The molecule has 1 unspecified atom stereocenters. The molecule has 2 rings (SSSR count). The van der Waals surface area contributed by atoms with E-state index in [4.69, 9.17) is 14.6 Å². The maximum absolute atomic E-state index is 12.6. The van der Waals surface area contributed by atoms with Crippen molar-refractivity contribution in [3.63, 3.8) is 0 Å². The van der Waals surface area contributed by atoms with Gasteiger partial charge in [0.2, 0.25) is 17.7 Å². The minimum absolute atomic E-state index is 0.0697. The first-order chi connectivity index (χ1) is 13.1. The molecule has 1 radical (unpaired) electrons. The number of hydrogen-bond acceptors (Lipinski definition) is 9. The summed E-state index contributed by atoms with van der Waals surface area (Å²) in [6, 6.07) is 0.153. The predicted octanol–water partition coefficient (Wildman–Crippen LogP) is -0.260. The molecule has 0 aliphatic heterocycles. The molecule has 13 nitrogen and oxygen atoms in total. The van der Waals surface area contributed by atoms with Gasteiger partial charge in [0.05, 0.1) is 32.4 Å². The van der Waals surface area contributed by atoms with Crippen molar-refractivity contribution in [3.8, 4) is 11.8 Å². The topological polar surface area (TPSA) is 175 Å². The number of carboxylic acid groups (broad SMARTS) is 1. The van der Waals surface area contributed by atoms with Crippen LogP contribution < -0.4 is 19.5 Å². The van der Waals surface area contributed by atoms with Crippen molar-refractivity contribution >= 4 is 28.0 Å². The number of carbonyl (C=O) groups is 2. The van der Waals surface area contributed by atoms with Gasteiger partial charge in [-0.1, -0.05) is 0 Å². The molecule has 2 amide bonds. The minimum atomic E-state index is -4.49. The molecule has 0 saturated carbocycles. The van der Waals surface area contributed by atoms with Crippen LogP contribution in [0.25, 0.3) is 0 Å². The number of carbonyl (C=O) groups excluding carboxylic acids is 1. The number of anilines is 1. The lowest BCUT2D eigenvalue weighted by atomic mass is 10.1. The van der Waals surface area contributed by atoms with Gasteiger partial charge in [0.25, 0.3) is 10.0 Å². The Labute approximate surface area is 159 Å².